The van der Waals surface area contributed by atoms with Crippen LogP contribution >= 0.6 is 0 Å². The zero-order valence-corrected chi connectivity index (χ0v) is 13.9. The highest BCUT2D eigenvalue weighted by Gasteiger charge is 2.12. The average molecular weight is 342 g/mol. The first-order valence-electron chi connectivity index (χ1n) is 8.08. The molecule has 1 aromatic rings. The van der Waals surface area contributed by atoms with Crippen molar-refractivity contribution in [1.29, 1.82) is 5.26 Å². The van der Waals surface area contributed by atoms with E-state index in [0.717, 1.165) is 38.9 Å². The van der Waals surface area contributed by atoms with E-state index in [9.17, 15) is 9.59 Å². The van der Waals surface area contributed by atoms with Gasteiger partial charge in [-0.1, -0.05) is 0 Å². The highest BCUT2D eigenvalue weighted by Crippen LogP contribution is 2.05. The van der Waals surface area contributed by atoms with Gasteiger partial charge in [-0.3, -0.25) is 14.5 Å². The van der Waals surface area contributed by atoms with Crippen LogP contribution in [0.4, 0.5) is 5.69 Å². The number of nitrogens with one attached hydrogen (secondary N) is 3. The first-order valence-corrected chi connectivity index (χ1v) is 8.08. The SMILES string of the molecule is N#C/C(=C/NC(=O)c1ccc(N)cc1)C(=O)NCCN1CCNCC1. The molecular weight excluding hydrogens is 320 g/mol. The van der Waals surface area contributed by atoms with Crippen molar-refractivity contribution in [1.82, 2.24) is 20.9 Å². The van der Waals surface area contributed by atoms with Gasteiger partial charge in [0.2, 0.25) is 0 Å². The molecule has 1 aliphatic rings. The predicted molar refractivity (Wildman–Crippen MR) is 94.3 cm³/mol. The summed E-state index contributed by atoms with van der Waals surface area (Å²) in [4.78, 5) is 26.2. The molecule has 0 spiro atoms. The fraction of sp³-hybridized carbons (Fsp3) is 0.353. The van der Waals surface area contributed by atoms with Crippen LogP contribution in [0, 0.1) is 11.3 Å². The van der Waals surface area contributed by atoms with Gasteiger partial charge in [0.15, 0.2) is 0 Å². The van der Waals surface area contributed by atoms with E-state index in [1.54, 1.807) is 30.3 Å². The van der Waals surface area contributed by atoms with Crippen LogP contribution in [0.25, 0.3) is 0 Å². The molecule has 0 saturated carbocycles. The molecule has 0 radical (unpaired) electrons. The number of hydrogen-bond donors (Lipinski definition) is 4. The minimum Gasteiger partial charge on any atom is -0.399 e. The van der Waals surface area contributed by atoms with Crippen LogP contribution in [0.2, 0.25) is 0 Å². The van der Waals surface area contributed by atoms with E-state index in [1.165, 1.54) is 0 Å². The van der Waals surface area contributed by atoms with Crippen molar-refractivity contribution in [2.75, 3.05) is 45.0 Å². The van der Waals surface area contributed by atoms with Gasteiger partial charge in [-0.15, -0.1) is 0 Å². The number of amides is 2. The van der Waals surface area contributed by atoms with Gasteiger partial charge in [-0.2, -0.15) is 5.26 Å². The molecule has 1 saturated heterocycles. The van der Waals surface area contributed by atoms with E-state index in [4.69, 9.17) is 11.0 Å². The number of nitrogens with zero attached hydrogens (tertiary/aromatic N) is 2. The Morgan fingerprint density at radius 3 is 2.60 bits per heavy atom. The predicted octanol–water partition coefficient (Wildman–Crippen LogP) is -0.573. The molecular formula is C17H22N6O2. The molecule has 2 amide bonds. The number of anilines is 1. The van der Waals surface area contributed by atoms with Crippen molar-refractivity contribution in [2.24, 2.45) is 0 Å². The molecule has 1 heterocycles. The Kier molecular flexibility index (Phi) is 6.95. The smallest absolute Gasteiger partial charge is 0.263 e. The Morgan fingerprint density at radius 1 is 1.28 bits per heavy atom. The molecule has 2 rings (SSSR count). The molecule has 0 bridgehead atoms. The zero-order valence-electron chi connectivity index (χ0n) is 13.9. The van der Waals surface area contributed by atoms with Crippen LogP contribution in [0.5, 0.6) is 0 Å². The molecule has 0 atom stereocenters. The Bertz CT molecular complexity index is 671. The Labute approximate surface area is 146 Å². The molecule has 8 heteroatoms. The second-order valence-electron chi connectivity index (χ2n) is 5.61. The summed E-state index contributed by atoms with van der Waals surface area (Å²) in [5.41, 5.74) is 6.36. The van der Waals surface area contributed by atoms with Crippen LogP contribution < -0.4 is 21.7 Å². The summed E-state index contributed by atoms with van der Waals surface area (Å²) in [7, 11) is 0. The number of nitrogens with two attached hydrogens (primary N) is 1. The van der Waals surface area contributed by atoms with E-state index in [-0.39, 0.29) is 5.57 Å². The average Bonchev–Trinajstić information content (AvgIpc) is 2.63. The molecule has 1 aliphatic heterocycles. The highest BCUT2D eigenvalue weighted by molar-refractivity contribution is 5.99. The van der Waals surface area contributed by atoms with Crippen molar-refractivity contribution in [3.63, 3.8) is 0 Å². The van der Waals surface area contributed by atoms with Gasteiger partial charge in [0.25, 0.3) is 11.8 Å². The zero-order chi connectivity index (χ0) is 18.1. The van der Waals surface area contributed by atoms with Gasteiger partial charge in [-0.05, 0) is 24.3 Å². The third-order valence-corrected chi connectivity index (χ3v) is 3.81. The second kappa shape index (κ2) is 9.42. The summed E-state index contributed by atoms with van der Waals surface area (Å²) in [6, 6.07) is 8.14. The van der Waals surface area contributed by atoms with Gasteiger partial charge >= 0.3 is 0 Å². The monoisotopic (exact) mass is 342 g/mol. The third kappa shape index (κ3) is 5.91. The van der Waals surface area contributed by atoms with Crippen molar-refractivity contribution in [3.05, 3.63) is 41.6 Å². The first-order chi connectivity index (χ1) is 12.1. The van der Waals surface area contributed by atoms with Crippen LogP contribution in [0.15, 0.2) is 36.0 Å². The number of hydrogen-bond acceptors (Lipinski definition) is 6. The quantitative estimate of drug-likeness (QED) is 0.312. The van der Waals surface area contributed by atoms with E-state index >= 15 is 0 Å². The maximum atomic E-state index is 12.0. The van der Waals surface area contributed by atoms with Crippen molar-refractivity contribution < 1.29 is 9.59 Å². The van der Waals surface area contributed by atoms with Gasteiger partial charge in [0.05, 0.1) is 0 Å². The Balaban J connectivity index is 1.81. The fourth-order valence-electron chi connectivity index (χ4n) is 2.36. The van der Waals surface area contributed by atoms with E-state index in [0.29, 0.717) is 17.8 Å². The second-order valence-corrected chi connectivity index (χ2v) is 5.61. The molecule has 132 valence electrons. The number of nitrogen functional groups attached to an aromatic ring is 1. The molecule has 8 nitrogen and oxygen atoms in total. The number of carbonyl (C=O) groups is 2. The number of piperazine rings is 1. The summed E-state index contributed by atoms with van der Waals surface area (Å²) < 4.78 is 0. The number of rotatable bonds is 6. The molecule has 1 aromatic carbocycles. The third-order valence-electron chi connectivity index (χ3n) is 3.81. The number of benzene rings is 1. The largest absolute Gasteiger partial charge is 0.399 e. The van der Waals surface area contributed by atoms with Gasteiger partial charge < -0.3 is 21.7 Å². The Hall–Kier alpha value is -2.89. The van der Waals surface area contributed by atoms with Crippen LogP contribution in [-0.2, 0) is 4.79 Å². The van der Waals surface area contributed by atoms with Crippen LogP contribution in [0.3, 0.4) is 0 Å². The lowest BCUT2D eigenvalue weighted by Gasteiger charge is -2.27. The number of carbonyl (C=O) groups excluding carboxylic acids is 2. The van der Waals surface area contributed by atoms with Gasteiger partial charge in [-0.25, -0.2) is 0 Å². The molecule has 0 aliphatic carbocycles. The maximum absolute atomic E-state index is 12.0. The summed E-state index contributed by atoms with van der Waals surface area (Å²) in [6.07, 6.45) is 1.12. The summed E-state index contributed by atoms with van der Waals surface area (Å²) in [6.45, 7) is 4.93. The normalized spacial score (nSPS) is 15.2. The lowest BCUT2D eigenvalue weighted by Crippen LogP contribution is -2.46. The fourth-order valence-corrected chi connectivity index (χ4v) is 2.36. The van der Waals surface area contributed by atoms with Crippen LogP contribution in [0.1, 0.15) is 10.4 Å². The van der Waals surface area contributed by atoms with Crippen molar-refractivity contribution in [2.45, 2.75) is 0 Å². The maximum Gasteiger partial charge on any atom is 0.263 e. The summed E-state index contributed by atoms with van der Waals surface area (Å²) >= 11 is 0. The molecule has 0 unspecified atom stereocenters. The lowest BCUT2D eigenvalue weighted by atomic mass is 10.2. The van der Waals surface area contributed by atoms with Gasteiger partial charge in [0, 0.05) is 56.7 Å². The van der Waals surface area contributed by atoms with E-state index in [1.807, 2.05) is 0 Å². The van der Waals surface area contributed by atoms with Crippen molar-refractivity contribution >= 4 is 17.5 Å². The first kappa shape index (κ1) is 18.4. The van der Waals surface area contributed by atoms with E-state index in [2.05, 4.69) is 20.9 Å². The minimum absolute atomic E-state index is 0.149. The minimum atomic E-state index is -0.504. The van der Waals surface area contributed by atoms with Crippen molar-refractivity contribution in [3.8, 4) is 6.07 Å². The molecule has 0 aromatic heterocycles. The van der Waals surface area contributed by atoms with E-state index < -0.39 is 11.8 Å². The topological polar surface area (TPSA) is 123 Å². The molecule has 5 N–H and O–H groups in total. The summed E-state index contributed by atoms with van der Waals surface area (Å²) in [5.74, 6) is -0.920. The van der Waals surface area contributed by atoms with Gasteiger partial charge in [0.1, 0.15) is 11.6 Å². The summed E-state index contributed by atoms with van der Waals surface area (Å²) in [5, 5.41) is 17.5. The number of nitriles is 1. The molecule has 25 heavy (non-hydrogen) atoms. The Morgan fingerprint density at radius 2 is 1.96 bits per heavy atom. The standard InChI is InChI=1S/C17H22N6O2/c18-11-14(12-22-16(24)13-1-3-15(19)4-2-13)17(25)21-7-10-23-8-5-20-6-9-23/h1-4,12,20H,5-10,19H2,(H,21,25)(H,22,24)/b14-12-. The highest BCUT2D eigenvalue weighted by atomic mass is 16.2. The van der Waals surface area contributed by atoms with Crippen LogP contribution in [-0.4, -0.2) is 56.0 Å². The molecule has 1 fully saturated rings. The lowest BCUT2D eigenvalue weighted by molar-refractivity contribution is -0.117.